The zero-order chi connectivity index (χ0) is 32.8. The fourth-order valence-corrected chi connectivity index (χ4v) is 8.34. The Labute approximate surface area is 276 Å². The molecule has 12 heteroatoms. The number of hydrogen-bond donors (Lipinski definition) is 1. The van der Waals surface area contributed by atoms with Crippen LogP contribution in [0, 0.1) is 0 Å². The number of fused-ring (bicyclic) bond motifs is 1. The molecular formula is C34H44N4O6SSi. The summed E-state index contributed by atoms with van der Waals surface area (Å²) < 4.78 is 12.2. The number of carbonyl (C=O) groups excluding carboxylic acids is 4. The Morgan fingerprint density at radius 3 is 2.63 bits per heavy atom. The minimum atomic E-state index is -1.90. The van der Waals surface area contributed by atoms with Crippen molar-refractivity contribution in [2.45, 2.75) is 81.6 Å². The smallest absolute Gasteiger partial charge is 0.414 e. The molecule has 1 aliphatic carbocycles. The standard InChI is InChI=1S/C34H44N4O6SSi/c1-34(2,3)46(4,5)43-17-7-16-36(26-20-38-30(41)14-10-22-9-12-27(39)31(26)32(22)38)15-6-8-24-19-37(33(42)44-24)23-11-13-28-25(18-23)35-29(40)21-45-28/h9-13,18,24,26H,6-8,14-17,19-21H2,1-5H3,(H,35,40)/t24-,26?/m1/s1. The van der Waals surface area contributed by atoms with E-state index in [4.69, 9.17) is 9.16 Å². The van der Waals surface area contributed by atoms with Crippen LogP contribution in [0.1, 0.15) is 46.5 Å². The lowest BCUT2D eigenvalue weighted by molar-refractivity contribution is -0.128. The van der Waals surface area contributed by atoms with Gasteiger partial charge in [0.05, 0.1) is 29.7 Å². The highest BCUT2D eigenvalue weighted by Crippen LogP contribution is 2.40. The normalized spacial score (nSPS) is 22.8. The van der Waals surface area contributed by atoms with Crippen molar-refractivity contribution in [3.8, 4) is 0 Å². The van der Waals surface area contributed by atoms with Crippen molar-refractivity contribution in [1.29, 1.82) is 0 Å². The number of rotatable bonds is 11. The monoisotopic (exact) mass is 664 g/mol. The molecule has 3 amide bonds. The maximum absolute atomic E-state index is 13.3. The predicted octanol–water partition coefficient (Wildman–Crippen LogP) is 5.48. The Bertz CT molecular complexity index is 1550. The van der Waals surface area contributed by atoms with Gasteiger partial charge in [0.1, 0.15) is 6.10 Å². The molecule has 4 heterocycles. The van der Waals surface area contributed by atoms with Crippen LogP contribution < -0.4 is 10.2 Å². The Kier molecular flexibility index (Phi) is 9.09. The summed E-state index contributed by atoms with van der Waals surface area (Å²) in [6.07, 6.45) is 7.29. The Balaban J connectivity index is 1.12. The first kappa shape index (κ1) is 32.7. The summed E-state index contributed by atoms with van der Waals surface area (Å²) in [7, 11) is -1.90. The van der Waals surface area contributed by atoms with Gasteiger partial charge in [0.25, 0.3) is 0 Å². The van der Waals surface area contributed by atoms with Gasteiger partial charge in [0, 0.05) is 42.3 Å². The molecule has 1 aromatic carbocycles. The summed E-state index contributed by atoms with van der Waals surface area (Å²) in [4.78, 5) is 57.7. The van der Waals surface area contributed by atoms with Crippen molar-refractivity contribution >= 4 is 55.1 Å². The summed E-state index contributed by atoms with van der Waals surface area (Å²) in [6, 6.07) is 5.46. The number of thioether (sulfide) groups is 1. The highest BCUT2D eigenvalue weighted by Gasteiger charge is 2.44. The first-order valence-electron chi connectivity index (χ1n) is 16.2. The topological polar surface area (TPSA) is 108 Å². The average molecular weight is 665 g/mol. The zero-order valence-electron chi connectivity index (χ0n) is 27.4. The summed E-state index contributed by atoms with van der Waals surface area (Å²) in [6.45, 7) is 14.2. The molecule has 2 atom stereocenters. The van der Waals surface area contributed by atoms with Crippen molar-refractivity contribution in [3.05, 3.63) is 53.3 Å². The largest absolute Gasteiger partial charge is 0.444 e. The van der Waals surface area contributed by atoms with Gasteiger partial charge in [-0.05, 0) is 79.9 Å². The Hall–Kier alpha value is -3.19. The fraction of sp³-hybridized carbons (Fsp3) is 0.529. The molecule has 1 unspecified atom stereocenters. The molecular weight excluding hydrogens is 621 g/mol. The van der Waals surface area contributed by atoms with Gasteiger partial charge in [-0.2, -0.15) is 0 Å². The lowest BCUT2D eigenvalue weighted by Gasteiger charge is -2.36. The first-order valence-corrected chi connectivity index (χ1v) is 20.1. The van der Waals surface area contributed by atoms with Gasteiger partial charge in [0.2, 0.25) is 11.8 Å². The maximum atomic E-state index is 13.3. The summed E-state index contributed by atoms with van der Waals surface area (Å²) in [5, 5.41) is 3.01. The van der Waals surface area contributed by atoms with E-state index in [9.17, 15) is 19.2 Å². The Morgan fingerprint density at radius 2 is 1.85 bits per heavy atom. The quantitative estimate of drug-likeness (QED) is 0.245. The fourth-order valence-electron chi connectivity index (χ4n) is 6.46. The van der Waals surface area contributed by atoms with E-state index in [1.54, 1.807) is 15.9 Å². The third-order valence-corrected chi connectivity index (χ3v) is 15.6. The molecule has 0 saturated carbocycles. The number of nitrogens with zero attached hydrogens (tertiary/aromatic N) is 3. The van der Waals surface area contributed by atoms with Crippen LogP contribution in [0.15, 0.2) is 58.2 Å². The molecule has 5 aliphatic rings. The summed E-state index contributed by atoms with van der Waals surface area (Å²) in [5.41, 5.74) is 3.86. The number of ketones is 1. The minimum Gasteiger partial charge on any atom is -0.444 e. The third kappa shape index (κ3) is 6.49. The van der Waals surface area contributed by atoms with Crippen LogP contribution >= 0.6 is 11.8 Å². The highest BCUT2D eigenvalue weighted by atomic mass is 32.2. The van der Waals surface area contributed by atoms with E-state index < -0.39 is 14.4 Å². The molecule has 6 rings (SSSR count). The second kappa shape index (κ2) is 12.8. The molecule has 4 aliphatic heterocycles. The lowest BCUT2D eigenvalue weighted by atomic mass is 9.92. The molecule has 0 bridgehead atoms. The van der Waals surface area contributed by atoms with Crippen molar-refractivity contribution < 1.29 is 28.3 Å². The number of anilines is 2. The molecule has 1 N–H and O–H groups in total. The van der Waals surface area contributed by atoms with Gasteiger partial charge < -0.3 is 19.4 Å². The number of hydrogen-bond acceptors (Lipinski definition) is 8. The zero-order valence-corrected chi connectivity index (χ0v) is 29.2. The van der Waals surface area contributed by atoms with Gasteiger partial charge in [-0.1, -0.05) is 26.8 Å². The van der Waals surface area contributed by atoms with Crippen molar-refractivity contribution in [2.24, 2.45) is 0 Å². The second-order valence-corrected chi connectivity index (χ2v) is 19.9. The number of allylic oxidation sites excluding steroid dienone is 2. The van der Waals surface area contributed by atoms with Crippen LogP contribution in [0.4, 0.5) is 16.2 Å². The maximum Gasteiger partial charge on any atom is 0.414 e. The molecule has 46 heavy (non-hydrogen) atoms. The van der Waals surface area contributed by atoms with Gasteiger partial charge in [-0.15, -0.1) is 11.8 Å². The third-order valence-electron chi connectivity index (χ3n) is 10.0. The summed E-state index contributed by atoms with van der Waals surface area (Å²) in [5.74, 6) is 0.334. The second-order valence-electron chi connectivity index (χ2n) is 14.1. The van der Waals surface area contributed by atoms with E-state index >= 15 is 0 Å². The molecule has 246 valence electrons. The number of benzene rings is 1. The first-order chi connectivity index (χ1) is 21.8. The molecule has 0 spiro atoms. The van der Waals surface area contributed by atoms with E-state index in [0.717, 1.165) is 41.2 Å². The predicted molar refractivity (Wildman–Crippen MR) is 181 cm³/mol. The molecule has 1 saturated heterocycles. The number of cyclic esters (lactones) is 1. The van der Waals surface area contributed by atoms with Gasteiger partial charge in [-0.25, -0.2) is 4.79 Å². The van der Waals surface area contributed by atoms with Crippen LogP contribution in [0.3, 0.4) is 0 Å². The van der Waals surface area contributed by atoms with Crippen LogP contribution in [0.5, 0.6) is 0 Å². The van der Waals surface area contributed by atoms with Crippen LogP contribution in [0.25, 0.3) is 0 Å². The number of nitrogens with one attached hydrogen (secondary N) is 1. The van der Waals surface area contributed by atoms with E-state index in [1.807, 2.05) is 30.4 Å². The van der Waals surface area contributed by atoms with E-state index in [0.29, 0.717) is 56.1 Å². The van der Waals surface area contributed by atoms with Gasteiger partial charge >= 0.3 is 6.09 Å². The molecule has 0 radical (unpaired) electrons. The van der Waals surface area contributed by atoms with Crippen LogP contribution in [-0.4, -0.2) is 92.5 Å². The van der Waals surface area contributed by atoms with E-state index in [2.05, 4.69) is 44.1 Å². The number of ether oxygens (including phenoxy) is 1. The van der Waals surface area contributed by atoms with Crippen molar-refractivity contribution in [2.75, 3.05) is 48.8 Å². The average Bonchev–Trinajstić information content (AvgIpc) is 3.58. The molecule has 10 nitrogen and oxygen atoms in total. The van der Waals surface area contributed by atoms with Crippen LogP contribution in [-0.2, 0) is 23.5 Å². The molecule has 1 aromatic rings. The van der Waals surface area contributed by atoms with Gasteiger partial charge in [0.15, 0.2) is 14.1 Å². The van der Waals surface area contributed by atoms with E-state index in [-0.39, 0.29) is 34.8 Å². The lowest BCUT2D eigenvalue weighted by Crippen LogP contribution is -2.44. The van der Waals surface area contributed by atoms with Gasteiger partial charge in [-0.3, -0.25) is 24.2 Å². The molecule has 1 fully saturated rings. The van der Waals surface area contributed by atoms with Crippen molar-refractivity contribution in [1.82, 2.24) is 9.80 Å². The number of carbonyl (C=O) groups is 4. The Morgan fingerprint density at radius 1 is 1.07 bits per heavy atom. The highest BCUT2D eigenvalue weighted by molar-refractivity contribution is 8.00. The SMILES string of the molecule is CC(C)(C)[Si](C)(C)OCCCN(CCC[C@@H]1CN(c2ccc3c(c2)NC(=O)CS3)C(=O)O1)C1CN2C(=O)CC=C3C=CC(=O)C1=C32. The van der Waals surface area contributed by atoms with E-state index in [1.165, 1.54) is 11.8 Å². The van der Waals surface area contributed by atoms with Crippen LogP contribution in [0.2, 0.25) is 18.1 Å². The summed E-state index contributed by atoms with van der Waals surface area (Å²) >= 11 is 1.48. The minimum absolute atomic E-state index is 0.0290. The van der Waals surface area contributed by atoms with Crippen molar-refractivity contribution in [3.63, 3.8) is 0 Å². The number of amides is 3. The molecule has 0 aromatic heterocycles.